The molecule has 1 aromatic rings. The molecule has 0 bridgehead atoms. The first-order valence-electron chi connectivity index (χ1n) is 6.16. The van der Waals surface area contributed by atoms with Crippen molar-refractivity contribution >= 4 is 17.5 Å². The maximum Gasteiger partial charge on any atom is 0.251 e. The molecule has 0 saturated heterocycles. The molecule has 1 heterocycles. The van der Waals surface area contributed by atoms with Crippen LogP contribution < -0.4 is 5.32 Å². The van der Waals surface area contributed by atoms with Gasteiger partial charge in [0.25, 0.3) is 5.91 Å². The first-order valence-corrected chi connectivity index (χ1v) is 6.54. The second kappa shape index (κ2) is 5.47. The van der Waals surface area contributed by atoms with Crippen LogP contribution in [0.2, 0.25) is 5.15 Å². The lowest BCUT2D eigenvalue weighted by atomic mass is 9.90. The van der Waals surface area contributed by atoms with Crippen LogP contribution in [0.5, 0.6) is 0 Å². The van der Waals surface area contributed by atoms with Crippen LogP contribution in [0.25, 0.3) is 0 Å². The summed E-state index contributed by atoms with van der Waals surface area (Å²) >= 11 is 5.96. The van der Waals surface area contributed by atoms with Crippen LogP contribution in [0.4, 0.5) is 0 Å². The van der Waals surface area contributed by atoms with Gasteiger partial charge < -0.3 is 10.4 Å². The van der Waals surface area contributed by atoms with Gasteiger partial charge in [-0.15, -0.1) is 0 Å². The number of nitrogens with one attached hydrogen (secondary N) is 1. The van der Waals surface area contributed by atoms with Crippen LogP contribution in [0.1, 0.15) is 50.7 Å². The lowest BCUT2D eigenvalue weighted by Crippen LogP contribution is -2.46. The number of carbonyl (C=O) groups is 1. The molecule has 1 rings (SSSR count). The number of rotatable bonds is 3. The van der Waals surface area contributed by atoms with Crippen LogP contribution in [-0.2, 0) is 5.41 Å². The Morgan fingerprint density at radius 2 is 1.89 bits per heavy atom. The van der Waals surface area contributed by atoms with Gasteiger partial charge in [-0.05, 0) is 26.0 Å². The Balaban J connectivity index is 3.08. The van der Waals surface area contributed by atoms with E-state index in [1.165, 1.54) is 6.07 Å². The second-order valence-electron chi connectivity index (χ2n) is 6.31. The molecule has 2 N–H and O–H groups in total. The van der Waals surface area contributed by atoms with Gasteiger partial charge >= 0.3 is 0 Å². The molecule has 0 fully saturated rings. The lowest BCUT2D eigenvalue weighted by Gasteiger charge is -2.24. The smallest absolute Gasteiger partial charge is 0.251 e. The average Bonchev–Trinajstić information content (AvgIpc) is 2.26. The summed E-state index contributed by atoms with van der Waals surface area (Å²) in [6, 6.07) is 3.26. The normalized spacial score (nSPS) is 12.4. The van der Waals surface area contributed by atoms with Crippen molar-refractivity contribution in [2.24, 2.45) is 0 Å². The number of hydrogen-bond acceptors (Lipinski definition) is 3. The standard InChI is InChI=1S/C14H21ClN2O2/c1-13(2,3)10-6-9(7-11(15)16-10)12(19)17-14(4,5)8-18/h6-7,18H,8H2,1-5H3,(H,17,19). The van der Waals surface area contributed by atoms with Crippen LogP contribution in [0, 0.1) is 0 Å². The largest absolute Gasteiger partial charge is 0.394 e. The van der Waals surface area contributed by atoms with Gasteiger partial charge in [0.1, 0.15) is 5.15 Å². The third kappa shape index (κ3) is 4.48. The second-order valence-corrected chi connectivity index (χ2v) is 6.70. The summed E-state index contributed by atoms with van der Waals surface area (Å²) in [4.78, 5) is 16.4. The van der Waals surface area contributed by atoms with E-state index in [0.29, 0.717) is 10.7 Å². The van der Waals surface area contributed by atoms with Gasteiger partial charge in [0, 0.05) is 16.7 Å². The predicted octanol–water partition coefficient (Wildman–Crippen LogP) is 2.53. The maximum atomic E-state index is 12.1. The number of pyridine rings is 1. The molecule has 1 aromatic heterocycles. The Hall–Kier alpha value is -1.13. The molecule has 0 unspecified atom stereocenters. The molecule has 4 nitrogen and oxygen atoms in total. The first kappa shape index (κ1) is 15.9. The Morgan fingerprint density at radius 1 is 1.32 bits per heavy atom. The minimum absolute atomic E-state index is 0.135. The highest BCUT2D eigenvalue weighted by Crippen LogP contribution is 2.23. The molecule has 0 radical (unpaired) electrons. The van der Waals surface area contributed by atoms with E-state index in [1.54, 1.807) is 19.9 Å². The zero-order valence-electron chi connectivity index (χ0n) is 12.0. The Labute approximate surface area is 119 Å². The van der Waals surface area contributed by atoms with Gasteiger partial charge in [0.05, 0.1) is 12.1 Å². The highest BCUT2D eigenvalue weighted by atomic mass is 35.5. The van der Waals surface area contributed by atoms with Crippen molar-refractivity contribution in [2.45, 2.75) is 45.6 Å². The van der Waals surface area contributed by atoms with Crippen LogP contribution in [0.3, 0.4) is 0 Å². The van der Waals surface area contributed by atoms with E-state index in [1.807, 2.05) is 20.8 Å². The highest BCUT2D eigenvalue weighted by molar-refractivity contribution is 6.29. The molecule has 0 aliphatic carbocycles. The summed E-state index contributed by atoms with van der Waals surface area (Å²) in [7, 11) is 0. The van der Waals surface area contributed by atoms with Crippen molar-refractivity contribution in [2.75, 3.05) is 6.61 Å². The van der Waals surface area contributed by atoms with Crippen molar-refractivity contribution in [3.63, 3.8) is 0 Å². The number of aliphatic hydroxyl groups excluding tert-OH is 1. The number of aliphatic hydroxyl groups is 1. The molecular weight excluding hydrogens is 264 g/mol. The summed E-state index contributed by atoms with van der Waals surface area (Å²) in [5.41, 5.74) is 0.347. The number of nitrogens with zero attached hydrogens (tertiary/aromatic N) is 1. The van der Waals surface area contributed by atoms with Crippen molar-refractivity contribution < 1.29 is 9.90 Å². The fourth-order valence-corrected chi connectivity index (χ4v) is 1.64. The van der Waals surface area contributed by atoms with E-state index >= 15 is 0 Å². The van der Waals surface area contributed by atoms with Crippen molar-refractivity contribution in [3.05, 3.63) is 28.5 Å². The monoisotopic (exact) mass is 284 g/mol. The van der Waals surface area contributed by atoms with E-state index in [2.05, 4.69) is 10.3 Å². The predicted molar refractivity (Wildman–Crippen MR) is 76.6 cm³/mol. The molecule has 0 saturated carbocycles. The molecule has 0 spiro atoms. The number of amides is 1. The van der Waals surface area contributed by atoms with E-state index in [0.717, 1.165) is 5.69 Å². The molecule has 0 aliphatic heterocycles. The third-order valence-electron chi connectivity index (χ3n) is 2.67. The molecule has 19 heavy (non-hydrogen) atoms. The molecule has 0 aliphatic rings. The van der Waals surface area contributed by atoms with Gasteiger partial charge in [0.2, 0.25) is 0 Å². The minimum Gasteiger partial charge on any atom is -0.394 e. The number of hydrogen-bond donors (Lipinski definition) is 2. The fourth-order valence-electron chi connectivity index (χ4n) is 1.43. The zero-order chi connectivity index (χ0) is 14.8. The molecular formula is C14H21ClN2O2. The number of aromatic nitrogens is 1. The lowest BCUT2D eigenvalue weighted by molar-refractivity contribution is 0.0869. The molecule has 106 valence electrons. The Kier molecular flexibility index (Phi) is 4.59. The van der Waals surface area contributed by atoms with Crippen molar-refractivity contribution in [3.8, 4) is 0 Å². The van der Waals surface area contributed by atoms with Crippen molar-refractivity contribution in [1.29, 1.82) is 0 Å². The molecule has 1 amide bonds. The Bertz CT molecular complexity index is 479. The van der Waals surface area contributed by atoms with Gasteiger partial charge in [0.15, 0.2) is 0 Å². The summed E-state index contributed by atoms with van der Waals surface area (Å²) in [6.45, 7) is 9.38. The van der Waals surface area contributed by atoms with Crippen molar-refractivity contribution in [1.82, 2.24) is 10.3 Å². The average molecular weight is 285 g/mol. The molecule has 5 heteroatoms. The van der Waals surface area contributed by atoms with E-state index in [9.17, 15) is 9.90 Å². The first-order chi connectivity index (χ1) is 8.55. The van der Waals surface area contributed by atoms with Crippen LogP contribution in [0.15, 0.2) is 12.1 Å². The van der Waals surface area contributed by atoms with E-state index < -0.39 is 5.54 Å². The van der Waals surface area contributed by atoms with Gasteiger partial charge in [-0.2, -0.15) is 0 Å². The third-order valence-corrected chi connectivity index (χ3v) is 2.87. The Morgan fingerprint density at radius 3 is 2.37 bits per heavy atom. The maximum absolute atomic E-state index is 12.1. The SMILES string of the molecule is CC(C)(CO)NC(=O)c1cc(Cl)nc(C(C)(C)C)c1. The van der Waals surface area contributed by atoms with Crippen LogP contribution >= 0.6 is 11.6 Å². The fraction of sp³-hybridized carbons (Fsp3) is 0.571. The van der Waals surface area contributed by atoms with E-state index in [-0.39, 0.29) is 17.9 Å². The summed E-state index contributed by atoms with van der Waals surface area (Å²) in [6.07, 6.45) is 0. The minimum atomic E-state index is -0.672. The van der Waals surface area contributed by atoms with E-state index in [4.69, 9.17) is 11.6 Å². The zero-order valence-corrected chi connectivity index (χ0v) is 12.8. The highest BCUT2D eigenvalue weighted by Gasteiger charge is 2.23. The molecule has 0 aromatic carbocycles. The van der Waals surface area contributed by atoms with Gasteiger partial charge in [-0.25, -0.2) is 4.98 Å². The molecule has 0 atom stereocenters. The van der Waals surface area contributed by atoms with Gasteiger partial charge in [-0.3, -0.25) is 4.79 Å². The van der Waals surface area contributed by atoms with Crippen LogP contribution in [-0.4, -0.2) is 28.1 Å². The summed E-state index contributed by atoms with van der Waals surface area (Å²) in [5, 5.41) is 12.2. The quantitative estimate of drug-likeness (QED) is 0.839. The number of halogens is 1. The summed E-state index contributed by atoms with van der Waals surface area (Å²) < 4.78 is 0. The summed E-state index contributed by atoms with van der Waals surface area (Å²) in [5.74, 6) is -0.270. The van der Waals surface area contributed by atoms with Gasteiger partial charge in [-0.1, -0.05) is 32.4 Å². The topological polar surface area (TPSA) is 62.2 Å². The number of carbonyl (C=O) groups excluding carboxylic acids is 1.